The van der Waals surface area contributed by atoms with Gasteiger partial charge in [0.2, 0.25) is 5.95 Å². The molecule has 8 nitrogen and oxygen atoms in total. The van der Waals surface area contributed by atoms with Gasteiger partial charge in [-0.2, -0.15) is 0 Å². The van der Waals surface area contributed by atoms with Crippen molar-refractivity contribution in [3.05, 3.63) is 77.5 Å². The van der Waals surface area contributed by atoms with Gasteiger partial charge in [0.1, 0.15) is 0 Å². The number of carbonyl (C=O) groups excluding carboxylic acids is 1. The molecule has 2 N–H and O–H groups in total. The number of hydrogen-bond donors (Lipinski definition) is 2. The Morgan fingerprint density at radius 3 is 2.92 bits per heavy atom. The third-order valence-electron chi connectivity index (χ3n) is 6.19. The highest BCUT2D eigenvalue weighted by molar-refractivity contribution is 5.96. The van der Waals surface area contributed by atoms with Crippen molar-refractivity contribution < 1.29 is 14.3 Å². The Kier molecular flexibility index (Phi) is 7.97. The summed E-state index contributed by atoms with van der Waals surface area (Å²) < 4.78 is 11.2. The van der Waals surface area contributed by atoms with Crippen molar-refractivity contribution in [3.63, 3.8) is 0 Å². The number of nitrogens with one attached hydrogen (secondary N) is 2. The first-order valence-electron chi connectivity index (χ1n) is 12.4. The van der Waals surface area contributed by atoms with Crippen molar-refractivity contribution in [3.8, 4) is 11.3 Å². The van der Waals surface area contributed by atoms with Crippen molar-refractivity contribution in [2.75, 3.05) is 51.3 Å². The molecule has 8 heteroatoms. The molecule has 0 atom stereocenters. The lowest BCUT2D eigenvalue weighted by Crippen LogP contribution is -2.38. The van der Waals surface area contributed by atoms with Crippen molar-refractivity contribution >= 4 is 23.6 Å². The summed E-state index contributed by atoms with van der Waals surface area (Å²) in [5.41, 5.74) is 5.12. The van der Waals surface area contributed by atoms with E-state index in [1.807, 2.05) is 54.6 Å². The van der Waals surface area contributed by atoms with Crippen molar-refractivity contribution in [2.24, 2.45) is 0 Å². The normalized spacial score (nSPS) is 16.8. The Morgan fingerprint density at radius 1 is 1.08 bits per heavy atom. The first kappa shape index (κ1) is 24.1. The van der Waals surface area contributed by atoms with E-state index in [9.17, 15) is 4.79 Å². The fourth-order valence-electron chi connectivity index (χ4n) is 4.34. The van der Waals surface area contributed by atoms with E-state index < -0.39 is 0 Å². The zero-order valence-electron chi connectivity index (χ0n) is 20.3. The molecule has 6 bridgehead atoms. The monoisotopic (exact) mass is 485 g/mol. The molecular weight excluding hydrogens is 454 g/mol. The van der Waals surface area contributed by atoms with Crippen LogP contribution in [0.5, 0.6) is 0 Å². The van der Waals surface area contributed by atoms with E-state index in [4.69, 9.17) is 14.5 Å². The molecule has 2 aromatic carbocycles. The maximum atomic E-state index is 13.0. The molecule has 0 aliphatic carbocycles. The number of morpholine rings is 1. The Bertz CT molecular complexity index is 1220. The quantitative estimate of drug-likeness (QED) is 0.530. The second kappa shape index (κ2) is 11.9. The van der Waals surface area contributed by atoms with Crippen LogP contribution >= 0.6 is 0 Å². The molecule has 186 valence electrons. The second-order valence-corrected chi connectivity index (χ2v) is 8.92. The predicted molar refractivity (Wildman–Crippen MR) is 140 cm³/mol. The lowest BCUT2D eigenvalue weighted by molar-refractivity contribution is 0.0374. The molecule has 0 radical (unpaired) electrons. The maximum Gasteiger partial charge on any atom is 0.251 e. The van der Waals surface area contributed by atoms with E-state index in [1.165, 1.54) is 0 Å². The number of aromatic nitrogens is 2. The highest BCUT2D eigenvalue weighted by atomic mass is 16.5. The Labute approximate surface area is 211 Å². The molecular formula is C28H31N5O3. The third kappa shape index (κ3) is 6.54. The molecule has 1 saturated heterocycles. The third-order valence-corrected chi connectivity index (χ3v) is 6.19. The number of rotatable bonds is 5. The van der Waals surface area contributed by atoms with E-state index in [1.54, 1.807) is 6.20 Å². The van der Waals surface area contributed by atoms with Crippen LogP contribution in [-0.2, 0) is 16.1 Å². The Hall–Kier alpha value is -3.59. The molecule has 5 rings (SSSR count). The summed E-state index contributed by atoms with van der Waals surface area (Å²) in [4.78, 5) is 24.4. The number of carbonyl (C=O) groups is 1. The minimum absolute atomic E-state index is 0.102. The average molecular weight is 486 g/mol. The van der Waals surface area contributed by atoms with Gasteiger partial charge in [-0.15, -0.1) is 0 Å². The molecule has 3 aromatic rings. The van der Waals surface area contributed by atoms with Gasteiger partial charge in [-0.25, -0.2) is 9.97 Å². The van der Waals surface area contributed by atoms with E-state index in [-0.39, 0.29) is 5.91 Å². The first-order valence-corrected chi connectivity index (χ1v) is 12.4. The summed E-state index contributed by atoms with van der Waals surface area (Å²) >= 11 is 0. The van der Waals surface area contributed by atoms with E-state index >= 15 is 0 Å². The van der Waals surface area contributed by atoms with Crippen LogP contribution in [0.4, 0.5) is 11.6 Å². The topological polar surface area (TPSA) is 88.6 Å². The summed E-state index contributed by atoms with van der Waals surface area (Å²) in [7, 11) is 0. The largest absolute Gasteiger partial charge is 0.379 e. The van der Waals surface area contributed by atoms with E-state index in [0.29, 0.717) is 31.3 Å². The van der Waals surface area contributed by atoms with Gasteiger partial charge >= 0.3 is 0 Å². The number of benzene rings is 2. The number of fused-ring (bicyclic) bond motifs is 7. The van der Waals surface area contributed by atoms with Crippen LogP contribution < -0.4 is 10.6 Å². The van der Waals surface area contributed by atoms with Gasteiger partial charge in [0.15, 0.2) is 0 Å². The minimum atomic E-state index is -0.102. The highest BCUT2D eigenvalue weighted by Crippen LogP contribution is 2.23. The van der Waals surface area contributed by atoms with Gasteiger partial charge in [0, 0.05) is 42.6 Å². The standard InChI is InChI=1S/C28H31N5O3/c34-27(29-8-3-10-33-11-14-35-15-12-33)24-16-21-5-2-13-36-20-22-4-1-6-23(17-22)26-7-9-30-28(32-26)31-25(18-21)19-24/h1-2,4-7,9,16-19H,3,8,10-15,20H2,(H,29,34)(H,30,31,32)/b5-2+. The van der Waals surface area contributed by atoms with Crippen molar-refractivity contribution in [1.29, 1.82) is 0 Å². The summed E-state index contributed by atoms with van der Waals surface area (Å²) in [6, 6.07) is 15.7. The lowest BCUT2D eigenvalue weighted by atomic mass is 10.1. The fraction of sp³-hybridized carbons (Fsp3) is 0.321. The smallest absolute Gasteiger partial charge is 0.251 e. The molecule has 2 aliphatic heterocycles. The Balaban J connectivity index is 1.33. The summed E-state index contributed by atoms with van der Waals surface area (Å²) in [5, 5.41) is 6.34. The van der Waals surface area contributed by atoms with Crippen LogP contribution in [0.15, 0.2) is 60.8 Å². The minimum Gasteiger partial charge on any atom is -0.379 e. The van der Waals surface area contributed by atoms with E-state index in [0.717, 1.165) is 67.3 Å². The van der Waals surface area contributed by atoms with Crippen molar-refractivity contribution in [1.82, 2.24) is 20.2 Å². The summed E-state index contributed by atoms with van der Waals surface area (Å²) in [5.74, 6) is 0.372. The van der Waals surface area contributed by atoms with E-state index in [2.05, 4.69) is 26.6 Å². The zero-order chi connectivity index (χ0) is 24.6. The number of ether oxygens (including phenoxy) is 2. The van der Waals surface area contributed by atoms with Gasteiger partial charge < -0.3 is 20.1 Å². The Morgan fingerprint density at radius 2 is 2.00 bits per heavy atom. The maximum absolute atomic E-state index is 13.0. The van der Waals surface area contributed by atoms with Gasteiger partial charge in [-0.05, 0) is 54.4 Å². The van der Waals surface area contributed by atoms with Gasteiger partial charge in [0.25, 0.3) is 5.91 Å². The number of amides is 1. The van der Waals surface area contributed by atoms with Crippen LogP contribution in [0.25, 0.3) is 17.3 Å². The summed E-state index contributed by atoms with van der Waals surface area (Å²) in [6.45, 7) is 6.03. The van der Waals surface area contributed by atoms with Gasteiger partial charge in [-0.3, -0.25) is 9.69 Å². The predicted octanol–water partition coefficient (Wildman–Crippen LogP) is 3.88. The molecule has 3 heterocycles. The molecule has 0 spiro atoms. The fourth-order valence-corrected chi connectivity index (χ4v) is 4.34. The van der Waals surface area contributed by atoms with Crippen LogP contribution in [-0.4, -0.2) is 66.8 Å². The molecule has 0 unspecified atom stereocenters. The zero-order valence-corrected chi connectivity index (χ0v) is 20.3. The molecule has 36 heavy (non-hydrogen) atoms. The first-order chi connectivity index (χ1) is 17.7. The molecule has 2 aliphatic rings. The van der Waals surface area contributed by atoms with Gasteiger partial charge in [-0.1, -0.05) is 30.4 Å². The molecule has 1 fully saturated rings. The number of anilines is 2. The summed E-state index contributed by atoms with van der Waals surface area (Å²) in [6.07, 6.45) is 6.56. The van der Waals surface area contributed by atoms with Crippen LogP contribution in [0.2, 0.25) is 0 Å². The van der Waals surface area contributed by atoms with Crippen molar-refractivity contribution in [2.45, 2.75) is 13.0 Å². The highest BCUT2D eigenvalue weighted by Gasteiger charge is 2.12. The molecule has 0 saturated carbocycles. The molecule has 1 aromatic heterocycles. The average Bonchev–Trinajstić information content (AvgIpc) is 2.91. The van der Waals surface area contributed by atoms with Crippen LogP contribution in [0.1, 0.15) is 27.9 Å². The number of nitrogens with zero attached hydrogens (tertiary/aromatic N) is 3. The van der Waals surface area contributed by atoms with Crippen LogP contribution in [0.3, 0.4) is 0 Å². The SMILES string of the molecule is O=C(NCCCN1CCOCC1)c1cc2cc(c1)Nc1nccc(n1)-c1cccc(c1)COC/C=C/2. The van der Waals surface area contributed by atoms with Crippen LogP contribution in [0, 0.1) is 0 Å². The molecule has 1 amide bonds. The second-order valence-electron chi connectivity index (χ2n) is 8.92. The number of hydrogen-bond acceptors (Lipinski definition) is 7. The van der Waals surface area contributed by atoms with Gasteiger partial charge in [0.05, 0.1) is 32.1 Å². The lowest BCUT2D eigenvalue weighted by Gasteiger charge is -2.26.